The second-order valence-corrected chi connectivity index (χ2v) is 4.61. The number of carbonyl (C=O) groups excluding carboxylic acids is 1. The summed E-state index contributed by atoms with van der Waals surface area (Å²) in [6.07, 6.45) is -0.0288. The smallest absolute Gasteiger partial charge is 0.321 e. The fraction of sp³-hybridized carbons (Fsp3) is 0.429. The third kappa shape index (κ3) is 4.89. The molecular weight excluding hydrogens is 260 g/mol. The molecule has 0 bridgehead atoms. The van der Waals surface area contributed by atoms with E-state index in [2.05, 4.69) is 5.32 Å². The highest BCUT2D eigenvalue weighted by Gasteiger charge is 2.15. The molecule has 0 aliphatic rings. The van der Waals surface area contributed by atoms with Crippen molar-refractivity contribution in [3.63, 3.8) is 0 Å². The number of carbonyl (C=O) groups is 2. The summed E-state index contributed by atoms with van der Waals surface area (Å²) < 4.78 is 5.00. The SMILES string of the molecule is COCC(C)N(C)C(=O)Nc1ccc(CC(=O)O)cc1. The van der Waals surface area contributed by atoms with Gasteiger partial charge in [0.1, 0.15) is 0 Å². The number of anilines is 1. The van der Waals surface area contributed by atoms with Crippen LogP contribution in [0.2, 0.25) is 0 Å². The molecule has 6 heteroatoms. The van der Waals surface area contributed by atoms with Crippen LogP contribution >= 0.6 is 0 Å². The number of methoxy groups -OCH3 is 1. The van der Waals surface area contributed by atoms with Crippen molar-refractivity contribution in [2.75, 3.05) is 26.1 Å². The zero-order valence-corrected chi connectivity index (χ0v) is 11.9. The van der Waals surface area contributed by atoms with Crippen LogP contribution in [0, 0.1) is 0 Å². The monoisotopic (exact) mass is 280 g/mol. The summed E-state index contributed by atoms with van der Waals surface area (Å²) in [7, 11) is 3.28. The van der Waals surface area contributed by atoms with Gasteiger partial charge in [-0.1, -0.05) is 12.1 Å². The van der Waals surface area contributed by atoms with Gasteiger partial charge in [0.2, 0.25) is 0 Å². The fourth-order valence-electron chi connectivity index (χ4n) is 1.65. The van der Waals surface area contributed by atoms with Crippen molar-refractivity contribution in [1.29, 1.82) is 0 Å². The number of nitrogens with zero attached hydrogens (tertiary/aromatic N) is 1. The third-order valence-electron chi connectivity index (χ3n) is 2.95. The summed E-state index contributed by atoms with van der Waals surface area (Å²) in [5.74, 6) is -0.880. The van der Waals surface area contributed by atoms with E-state index in [0.717, 1.165) is 0 Å². The molecule has 2 amide bonds. The molecule has 1 aromatic rings. The van der Waals surface area contributed by atoms with E-state index in [1.807, 2.05) is 6.92 Å². The number of carboxylic acids is 1. The van der Waals surface area contributed by atoms with E-state index in [0.29, 0.717) is 17.9 Å². The van der Waals surface area contributed by atoms with Crippen LogP contribution in [0.5, 0.6) is 0 Å². The van der Waals surface area contributed by atoms with Crippen molar-refractivity contribution in [3.05, 3.63) is 29.8 Å². The molecule has 1 atom stereocenters. The van der Waals surface area contributed by atoms with E-state index in [4.69, 9.17) is 9.84 Å². The van der Waals surface area contributed by atoms with Gasteiger partial charge in [0.15, 0.2) is 0 Å². The minimum Gasteiger partial charge on any atom is -0.481 e. The molecule has 0 aliphatic carbocycles. The molecule has 0 radical (unpaired) electrons. The lowest BCUT2D eigenvalue weighted by Crippen LogP contribution is -2.40. The van der Waals surface area contributed by atoms with Gasteiger partial charge >= 0.3 is 12.0 Å². The van der Waals surface area contributed by atoms with Crippen LogP contribution < -0.4 is 5.32 Å². The zero-order chi connectivity index (χ0) is 15.1. The number of ether oxygens (including phenoxy) is 1. The van der Waals surface area contributed by atoms with Crippen molar-refractivity contribution in [2.45, 2.75) is 19.4 Å². The largest absolute Gasteiger partial charge is 0.481 e. The molecule has 0 fully saturated rings. The molecule has 1 rings (SSSR count). The first-order valence-corrected chi connectivity index (χ1v) is 6.27. The van der Waals surface area contributed by atoms with Crippen molar-refractivity contribution >= 4 is 17.7 Å². The molecule has 20 heavy (non-hydrogen) atoms. The second-order valence-electron chi connectivity index (χ2n) is 4.61. The average molecular weight is 280 g/mol. The Morgan fingerprint density at radius 1 is 1.35 bits per heavy atom. The molecule has 0 saturated carbocycles. The maximum atomic E-state index is 12.0. The molecule has 1 unspecified atom stereocenters. The van der Waals surface area contributed by atoms with Gasteiger partial charge in [0, 0.05) is 19.8 Å². The van der Waals surface area contributed by atoms with Gasteiger partial charge in [-0.3, -0.25) is 4.79 Å². The van der Waals surface area contributed by atoms with Crippen molar-refractivity contribution in [3.8, 4) is 0 Å². The van der Waals surface area contributed by atoms with Crippen LogP contribution in [0.3, 0.4) is 0 Å². The molecule has 0 aromatic heterocycles. The summed E-state index contributed by atoms with van der Waals surface area (Å²) in [6, 6.07) is 6.47. The number of amides is 2. The van der Waals surface area contributed by atoms with Gasteiger partial charge in [-0.05, 0) is 24.6 Å². The number of likely N-dealkylation sites (N-methyl/N-ethyl adjacent to an activating group) is 1. The Bertz CT molecular complexity index is 459. The third-order valence-corrected chi connectivity index (χ3v) is 2.95. The minimum atomic E-state index is -0.880. The zero-order valence-electron chi connectivity index (χ0n) is 11.9. The number of aliphatic carboxylic acids is 1. The summed E-state index contributed by atoms with van der Waals surface area (Å²) in [5, 5.41) is 11.4. The Kier molecular flexibility index (Phi) is 5.99. The summed E-state index contributed by atoms with van der Waals surface area (Å²) in [5.41, 5.74) is 1.32. The summed E-state index contributed by atoms with van der Waals surface area (Å²) in [6.45, 7) is 2.35. The van der Waals surface area contributed by atoms with Gasteiger partial charge in [-0.15, -0.1) is 0 Å². The average Bonchev–Trinajstić information content (AvgIpc) is 2.39. The standard InChI is InChI=1S/C14H20N2O4/c1-10(9-20-3)16(2)14(19)15-12-6-4-11(5-7-12)8-13(17)18/h4-7,10H,8-9H2,1-3H3,(H,15,19)(H,17,18). The van der Waals surface area contributed by atoms with Gasteiger partial charge in [0.05, 0.1) is 19.1 Å². The topological polar surface area (TPSA) is 78.9 Å². The number of urea groups is 1. The summed E-state index contributed by atoms with van der Waals surface area (Å²) >= 11 is 0. The molecule has 110 valence electrons. The molecule has 0 saturated heterocycles. The van der Waals surface area contributed by atoms with E-state index in [-0.39, 0.29) is 18.5 Å². The Hall–Kier alpha value is -2.08. The second kappa shape index (κ2) is 7.49. The van der Waals surface area contributed by atoms with Crippen LogP contribution in [0.15, 0.2) is 24.3 Å². The fourth-order valence-corrected chi connectivity index (χ4v) is 1.65. The maximum absolute atomic E-state index is 12.0. The lowest BCUT2D eigenvalue weighted by atomic mass is 10.1. The van der Waals surface area contributed by atoms with E-state index < -0.39 is 5.97 Å². The van der Waals surface area contributed by atoms with Crippen LogP contribution in [0.25, 0.3) is 0 Å². The Morgan fingerprint density at radius 3 is 2.45 bits per heavy atom. The van der Waals surface area contributed by atoms with Crippen LogP contribution in [-0.2, 0) is 16.0 Å². The van der Waals surface area contributed by atoms with Gasteiger partial charge < -0.3 is 20.1 Å². The maximum Gasteiger partial charge on any atom is 0.321 e. The van der Waals surface area contributed by atoms with E-state index >= 15 is 0 Å². The normalized spacial score (nSPS) is 11.8. The van der Waals surface area contributed by atoms with E-state index in [1.165, 1.54) is 0 Å². The van der Waals surface area contributed by atoms with Gasteiger partial charge in [0.25, 0.3) is 0 Å². The highest BCUT2D eigenvalue weighted by atomic mass is 16.5. The predicted octanol–water partition coefficient (Wildman–Crippen LogP) is 1.81. The summed E-state index contributed by atoms with van der Waals surface area (Å²) in [4.78, 5) is 24.1. The number of hydrogen-bond donors (Lipinski definition) is 2. The molecule has 6 nitrogen and oxygen atoms in total. The Labute approximate surface area is 118 Å². The number of carboxylic acid groups (broad SMARTS) is 1. The first kappa shape index (κ1) is 16.0. The van der Waals surface area contributed by atoms with Crippen LogP contribution in [0.1, 0.15) is 12.5 Å². The highest BCUT2D eigenvalue weighted by Crippen LogP contribution is 2.11. The molecule has 0 heterocycles. The molecular formula is C14H20N2O4. The molecule has 1 aromatic carbocycles. The van der Waals surface area contributed by atoms with Gasteiger partial charge in [-0.25, -0.2) is 4.79 Å². The minimum absolute atomic E-state index is 0.0288. The number of hydrogen-bond acceptors (Lipinski definition) is 3. The highest BCUT2D eigenvalue weighted by molar-refractivity contribution is 5.89. The first-order valence-electron chi connectivity index (χ1n) is 6.27. The predicted molar refractivity (Wildman–Crippen MR) is 75.9 cm³/mol. The lowest BCUT2D eigenvalue weighted by molar-refractivity contribution is -0.136. The van der Waals surface area contributed by atoms with Crippen molar-refractivity contribution in [1.82, 2.24) is 4.90 Å². The lowest BCUT2D eigenvalue weighted by Gasteiger charge is -2.24. The van der Waals surface area contributed by atoms with Crippen molar-refractivity contribution < 1.29 is 19.4 Å². The number of rotatable bonds is 6. The van der Waals surface area contributed by atoms with E-state index in [9.17, 15) is 9.59 Å². The molecule has 2 N–H and O–H groups in total. The molecule has 0 aliphatic heterocycles. The number of nitrogens with one attached hydrogen (secondary N) is 1. The Balaban J connectivity index is 2.59. The first-order chi connectivity index (χ1) is 9.43. The quantitative estimate of drug-likeness (QED) is 0.833. The molecule has 0 spiro atoms. The van der Waals surface area contributed by atoms with Gasteiger partial charge in [-0.2, -0.15) is 0 Å². The Morgan fingerprint density at radius 2 is 1.95 bits per heavy atom. The van der Waals surface area contributed by atoms with Crippen LogP contribution in [-0.4, -0.2) is 48.8 Å². The van der Waals surface area contributed by atoms with Crippen molar-refractivity contribution in [2.24, 2.45) is 0 Å². The number of benzene rings is 1. The van der Waals surface area contributed by atoms with E-state index in [1.54, 1.807) is 43.3 Å². The van der Waals surface area contributed by atoms with Crippen LogP contribution in [0.4, 0.5) is 10.5 Å².